The minimum Gasteiger partial charge on any atom is -0.489 e. The normalized spacial score (nSPS) is 15.4. The van der Waals surface area contributed by atoms with Gasteiger partial charge in [-0.1, -0.05) is 11.6 Å². The molecule has 7 nitrogen and oxygen atoms in total. The van der Waals surface area contributed by atoms with E-state index in [-0.39, 0.29) is 17.9 Å². The van der Waals surface area contributed by atoms with Crippen LogP contribution in [0.25, 0.3) is 0 Å². The lowest BCUT2D eigenvalue weighted by Crippen LogP contribution is -2.39. The van der Waals surface area contributed by atoms with E-state index < -0.39 is 0 Å². The third kappa shape index (κ3) is 3.85. The van der Waals surface area contributed by atoms with Gasteiger partial charge in [0.05, 0.1) is 19.9 Å². The van der Waals surface area contributed by atoms with Gasteiger partial charge in [-0.05, 0) is 12.1 Å². The van der Waals surface area contributed by atoms with Crippen molar-refractivity contribution in [3.63, 3.8) is 0 Å². The van der Waals surface area contributed by atoms with Crippen LogP contribution in [0.4, 0.5) is 5.82 Å². The quantitative estimate of drug-likeness (QED) is 0.884. The van der Waals surface area contributed by atoms with E-state index in [0.29, 0.717) is 17.3 Å². The molecule has 3 rings (SSSR count). The molecule has 2 aromatic heterocycles. The molecule has 0 aromatic carbocycles. The SMILES string of the molecule is COc1ccc(OC2CCN(c3nnc(Cl)cc3CO)CC2)cn1. The summed E-state index contributed by atoms with van der Waals surface area (Å²) >= 11 is 5.83. The minimum absolute atomic E-state index is 0.113. The largest absolute Gasteiger partial charge is 0.489 e. The summed E-state index contributed by atoms with van der Waals surface area (Å²) in [6.45, 7) is 1.44. The average molecular weight is 351 g/mol. The summed E-state index contributed by atoms with van der Waals surface area (Å²) in [4.78, 5) is 6.24. The molecule has 128 valence electrons. The van der Waals surface area contributed by atoms with Crippen LogP contribution < -0.4 is 14.4 Å². The van der Waals surface area contributed by atoms with Gasteiger partial charge in [-0.25, -0.2) is 4.98 Å². The number of pyridine rings is 1. The monoisotopic (exact) mass is 350 g/mol. The number of aliphatic hydroxyl groups excluding tert-OH is 1. The Morgan fingerprint density at radius 2 is 2.08 bits per heavy atom. The molecule has 0 unspecified atom stereocenters. The predicted molar refractivity (Wildman–Crippen MR) is 89.6 cm³/mol. The Kier molecular flexibility index (Phi) is 5.32. The number of nitrogens with zero attached hydrogens (tertiary/aromatic N) is 4. The van der Waals surface area contributed by atoms with Crippen molar-refractivity contribution in [3.05, 3.63) is 35.1 Å². The van der Waals surface area contributed by atoms with E-state index in [2.05, 4.69) is 20.1 Å². The van der Waals surface area contributed by atoms with Crippen LogP contribution >= 0.6 is 11.6 Å². The van der Waals surface area contributed by atoms with Crippen LogP contribution in [0.15, 0.2) is 24.4 Å². The van der Waals surface area contributed by atoms with E-state index in [1.54, 1.807) is 25.4 Å². The molecule has 0 amide bonds. The van der Waals surface area contributed by atoms with Crippen molar-refractivity contribution in [2.75, 3.05) is 25.1 Å². The van der Waals surface area contributed by atoms with E-state index >= 15 is 0 Å². The Morgan fingerprint density at radius 3 is 2.71 bits per heavy atom. The topological polar surface area (TPSA) is 80.6 Å². The molecule has 0 bridgehead atoms. The molecule has 1 aliphatic rings. The third-order valence-electron chi connectivity index (χ3n) is 3.95. The molecule has 1 aliphatic heterocycles. The second-order valence-corrected chi connectivity index (χ2v) is 5.90. The first-order valence-electron chi connectivity index (χ1n) is 7.74. The van der Waals surface area contributed by atoms with Gasteiger partial charge in [0.1, 0.15) is 11.9 Å². The number of piperidine rings is 1. The van der Waals surface area contributed by atoms with Crippen LogP contribution in [0, 0.1) is 0 Å². The Hall–Kier alpha value is -2.12. The van der Waals surface area contributed by atoms with Crippen molar-refractivity contribution in [1.29, 1.82) is 0 Å². The highest BCUT2D eigenvalue weighted by molar-refractivity contribution is 6.29. The summed E-state index contributed by atoms with van der Waals surface area (Å²) in [6, 6.07) is 5.28. The van der Waals surface area contributed by atoms with Gasteiger partial charge < -0.3 is 19.5 Å². The lowest BCUT2D eigenvalue weighted by atomic mass is 10.1. The number of halogens is 1. The second-order valence-electron chi connectivity index (χ2n) is 5.51. The van der Waals surface area contributed by atoms with Gasteiger partial charge in [0.25, 0.3) is 0 Å². The van der Waals surface area contributed by atoms with E-state index in [1.807, 2.05) is 6.07 Å². The van der Waals surface area contributed by atoms with Gasteiger partial charge in [0, 0.05) is 37.6 Å². The Morgan fingerprint density at radius 1 is 1.29 bits per heavy atom. The molecule has 0 aliphatic carbocycles. The Labute approximate surface area is 145 Å². The molecule has 24 heavy (non-hydrogen) atoms. The molecule has 0 radical (unpaired) electrons. The van der Waals surface area contributed by atoms with Crippen LogP contribution in [0.2, 0.25) is 5.15 Å². The van der Waals surface area contributed by atoms with Crippen LogP contribution in [-0.4, -0.2) is 46.6 Å². The van der Waals surface area contributed by atoms with Crippen LogP contribution in [0.3, 0.4) is 0 Å². The van der Waals surface area contributed by atoms with Gasteiger partial charge in [0.15, 0.2) is 11.0 Å². The molecule has 0 saturated carbocycles. The maximum absolute atomic E-state index is 9.47. The van der Waals surface area contributed by atoms with E-state index in [1.165, 1.54) is 0 Å². The smallest absolute Gasteiger partial charge is 0.213 e. The highest BCUT2D eigenvalue weighted by Crippen LogP contribution is 2.25. The zero-order valence-electron chi connectivity index (χ0n) is 13.4. The number of aliphatic hydroxyl groups is 1. The number of methoxy groups -OCH3 is 1. The molecule has 8 heteroatoms. The number of hydrogen-bond donors (Lipinski definition) is 1. The zero-order chi connectivity index (χ0) is 16.9. The number of hydrogen-bond acceptors (Lipinski definition) is 7. The summed E-state index contributed by atoms with van der Waals surface area (Å²) in [7, 11) is 1.58. The molecule has 1 saturated heterocycles. The first-order valence-corrected chi connectivity index (χ1v) is 8.12. The van der Waals surface area contributed by atoms with E-state index in [9.17, 15) is 5.11 Å². The fourth-order valence-electron chi connectivity index (χ4n) is 2.71. The van der Waals surface area contributed by atoms with E-state index in [0.717, 1.165) is 31.7 Å². The van der Waals surface area contributed by atoms with Crippen molar-refractivity contribution in [2.45, 2.75) is 25.6 Å². The van der Waals surface area contributed by atoms with Crippen LogP contribution in [-0.2, 0) is 6.61 Å². The molecule has 0 spiro atoms. The van der Waals surface area contributed by atoms with Crippen molar-refractivity contribution >= 4 is 17.4 Å². The summed E-state index contributed by atoms with van der Waals surface area (Å²) in [5.74, 6) is 1.98. The lowest BCUT2D eigenvalue weighted by Gasteiger charge is -2.33. The molecular formula is C16H19ClN4O3. The third-order valence-corrected chi connectivity index (χ3v) is 4.14. The maximum atomic E-state index is 9.47. The molecule has 0 atom stereocenters. The highest BCUT2D eigenvalue weighted by Gasteiger charge is 2.23. The molecular weight excluding hydrogens is 332 g/mol. The first-order chi connectivity index (χ1) is 11.7. The fourth-order valence-corrected chi connectivity index (χ4v) is 2.88. The molecule has 3 heterocycles. The number of ether oxygens (including phenoxy) is 2. The van der Waals surface area contributed by atoms with Crippen molar-refractivity contribution in [1.82, 2.24) is 15.2 Å². The van der Waals surface area contributed by atoms with Gasteiger partial charge in [-0.15, -0.1) is 10.2 Å². The van der Waals surface area contributed by atoms with Crippen LogP contribution in [0.1, 0.15) is 18.4 Å². The molecule has 1 fully saturated rings. The van der Waals surface area contributed by atoms with Gasteiger partial charge in [-0.2, -0.15) is 0 Å². The summed E-state index contributed by atoms with van der Waals surface area (Å²) in [5.41, 5.74) is 0.689. The zero-order valence-corrected chi connectivity index (χ0v) is 14.1. The maximum Gasteiger partial charge on any atom is 0.213 e. The molecule has 1 N–H and O–H groups in total. The van der Waals surface area contributed by atoms with Crippen molar-refractivity contribution in [3.8, 4) is 11.6 Å². The highest BCUT2D eigenvalue weighted by atomic mass is 35.5. The number of anilines is 1. The summed E-state index contributed by atoms with van der Waals surface area (Å²) in [6.07, 6.45) is 3.48. The number of rotatable bonds is 5. The minimum atomic E-state index is -0.113. The number of aromatic nitrogens is 3. The van der Waals surface area contributed by atoms with Crippen molar-refractivity contribution in [2.24, 2.45) is 0 Å². The van der Waals surface area contributed by atoms with Crippen molar-refractivity contribution < 1.29 is 14.6 Å². The van der Waals surface area contributed by atoms with Gasteiger partial charge in [0.2, 0.25) is 5.88 Å². The standard InChI is InChI=1S/C16H19ClN4O3/c1-23-15-3-2-13(9-18-15)24-12-4-6-21(7-5-12)16-11(10-22)8-14(17)19-20-16/h2-3,8-9,12,22H,4-7,10H2,1H3. The van der Waals surface area contributed by atoms with Crippen LogP contribution in [0.5, 0.6) is 11.6 Å². The lowest BCUT2D eigenvalue weighted by molar-refractivity contribution is 0.169. The first kappa shape index (κ1) is 16.7. The Bertz CT molecular complexity index is 676. The second kappa shape index (κ2) is 7.63. The van der Waals surface area contributed by atoms with Gasteiger partial charge >= 0.3 is 0 Å². The predicted octanol–water partition coefficient (Wildman–Crippen LogP) is 2.07. The Balaban J connectivity index is 1.59. The molecule has 2 aromatic rings. The average Bonchev–Trinajstić information content (AvgIpc) is 2.63. The van der Waals surface area contributed by atoms with Gasteiger partial charge in [-0.3, -0.25) is 0 Å². The summed E-state index contributed by atoms with van der Waals surface area (Å²) in [5, 5.41) is 17.8. The van der Waals surface area contributed by atoms with E-state index in [4.69, 9.17) is 21.1 Å². The fraction of sp³-hybridized carbons (Fsp3) is 0.438. The summed E-state index contributed by atoms with van der Waals surface area (Å²) < 4.78 is 11.0.